The van der Waals surface area contributed by atoms with Gasteiger partial charge < -0.3 is 14.7 Å². The number of hydrogen-bond donors (Lipinski definition) is 1. The number of rotatable bonds is 4. The molecule has 4 rings (SSSR count). The first kappa shape index (κ1) is 18.9. The normalized spacial score (nSPS) is 27.8. The summed E-state index contributed by atoms with van der Waals surface area (Å²) < 4.78 is 7.30. The number of aryl methyl sites for hydroxylation is 1. The van der Waals surface area contributed by atoms with E-state index in [4.69, 9.17) is 4.74 Å². The van der Waals surface area contributed by atoms with Crippen molar-refractivity contribution < 1.29 is 14.6 Å². The first-order valence-corrected chi connectivity index (χ1v) is 9.99. The Morgan fingerprint density at radius 2 is 1.79 bits per heavy atom. The number of aliphatic hydroxyl groups is 1. The average Bonchev–Trinajstić information content (AvgIpc) is 3.24. The Morgan fingerprint density at radius 3 is 2.36 bits per heavy atom. The summed E-state index contributed by atoms with van der Waals surface area (Å²) in [7, 11) is 1.79. The van der Waals surface area contributed by atoms with E-state index in [2.05, 4.69) is 10.3 Å². The molecule has 0 bridgehead atoms. The van der Waals surface area contributed by atoms with Crippen molar-refractivity contribution in [3.05, 3.63) is 36.2 Å². The molecule has 2 fully saturated rings. The maximum absolute atomic E-state index is 13.3. The number of carbonyl (C=O) groups is 1. The van der Waals surface area contributed by atoms with Gasteiger partial charge in [-0.25, -0.2) is 0 Å². The summed E-state index contributed by atoms with van der Waals surface area (Å²) in [5.41, 5.74) is 0.158. The van der Waals surface area contributed by atoms with E-state index >= 15 is 0 Å². The zero-order chi connectivity index (χ0) is 19.9. The van der Waals surface area contributed by atoms with Crippen molar-refractivity contribution in [1.29, 1.82) is 0 Å². The lowest BCUT2D eigenvalue weighted by atomic mass is 9.67. The molecule has 1 aliphatic heterocycles. The van der Waals surface area contributed by atoms with Crippen LogP contribution in [0, 0.1) is 5.41 Å². The van der Waals surface area contributed by atoms with Crippen molar-refractivity contribution in [2.24, 2.45) is 12.5 Å². The van der Waals surface area contributed by atoms with Crippen LogP contribution in [-0.2, 0) is 17.4 Å². The van der Waals surface area contributed by atoms with Crippen molar-refractivity contribution in [2.75, 3.05) is 11.4 Å². The summed E-state index contributed by atoms with van der Waals surface area (Å²) in [6.45, 7) is 4.70. The lowest BCUT2D eigenvalue weighted by Gasteiger charge is -2.39. The second-order valence-electron chi connectivity index (χ2n) is 8.46. The average molecular weight is 384 g/mol. The van der Waals surface area contributed by atoms with E-state index in [0.717, 1.165) is 17.9 Å². The van der Waals surface area contributed by atoms with Crippen LogP contribution in [0.4, 0.5) is 5.69 Å². The second kappa shape index (κ2) is 6.88. The topological polar surface area (TPSA) is 80.5 Å². The van der Waals surface area contributed by atoms with Gasteiger partial charge >= 0.3 is 0 Å². The van der Waals surface area contributed by atoms with Crippen LogP contribution in [-0.4, -0.2) is 38.7 Å². The predicted octanol–water partition coefficient (Wildman–Crippen LogP) is 2.79. The largest absolute Gasteiger partial charge is 0.491 e. The Labute approximate surface area is 165 Å². The number of carbonyl (C=O) groups excluding carboxylic acids is 1. The summed E-state index contributed by atoms with van der Waals surface area (Å²) in [5.74, 6) is 0.984. The van der Waals surface area contributed by atoms with Crippen molar-refractivity contribution in [3.8, 4) is 5.75 Å². The molecule has 1 N–H and O–H groups in total. The fraction of sp³-hybridized carbons (Fsp3) is 0.571. The third-order valence-corrected chi connectivity index (χ3v) is 6.15. The number of hydrogen-bond acceptors (Lipinski definition) is 5. The van der Waals surface area contributed by atoms with E-state index in [1.54, 1.807) is 17.9 Å². The highest BCUT2D eigenvalue weighted by molar-refractivity contribution is 6.00. The van der Waals surface area contributed by atoms with Crippen LogP contribution in [0.3, 0.4) is 0 Å². The Hall–Kier alpha value is -2.41. The van der Waals surface area contributed by atoms with Gasteiger partial charge in [0.15, 0.2) is 0 Å². The lowest BCUT2D eigenvalue weighted by Crippen LogP contribution is -2.42. The molecule has 1 aromatic heterocycles. The molecule has 7 heteroatoms. The zero-order valence-corrected chi connectivity index (χ0v) is 16.8. The molecule has 7 nitrogen and oxygen atoms in total. The number of aromatic nitrogens is 3. The van der Waals surface area contributed by atoms with E-state index in [1.807, 2.05) is 43.0 Å². The van der Waals surface area contributed by atoms with Gasteiger partial charge in [0.05, 0.1) is 17.7 Å². The van der Waals surface area contributed by atoms with Crippen LogP contribution in [0.1, 0.15) is 51.6 Å². The van der Waals surface area contributed by atoms with E-state index in [1.165, 1.54) is 0 Å². The predicted molar refractivity (Wildman–Crippen MR) is 105 cm³/mol. The highest BCUT2D eigenvalue weighted by Crippen LogP contribution is 2.51. The molecule has 0 radical (unpaired) electrons. The molecule has 1 saturated heterocycles. The molecule has 0 unspecified atom stereocenters. The summed E-state index contributed by atoms with van der Waals surface area (Å²) in [5, 5.41) is 19.0. The Bertz CT molecular complexity index is 851. The van der Waals surface area contributed by atoms with Crippen LogP contribution in [0.25, 0.3) is 0 Å². The SMILES string of the molecule is CC(C)Oc1ccc(N2CCC3(CCC(O)(c4cn(C)nn4)CC3)C2=O)cc1. The van der Waals surface area contributed by atoms with Crippen LogP contribution >= 0.6 is 0 Å². The molecule has 0 atom stereocenters. The van der Waals surface area contributed by atoms with Crippen molar-refractivity contribution in [2.45, 2.75) is 57.7 Å². The van der Waals surface area contributed by atoms with Gasteiger partial charge in [0.1, 0.15) is 17.0 Å². The Morgan fingerprint density at radius 1 is 1.11 bits per heavy atom. The maximum atomic E-state index is 13.3. The van der Waals surface area contributed by atoms with Crippen LogP contribution in [0.15, 0.2) is 30.5 Å². The molecule has 2 aromatic rings. The van der Waals surface area contributed by atoms with Crippen molar-refractivity contribution in [3.63, 3.8) is 0 Å². The number of anilines is 1. The minimum absolute atomic E-state index is 0.123. The monoisotopic (exact) mass is 384 g/mol. The molecular weight excluding hydrogens is 356 g/mol. The van der Waals surface area contributed by atoms with Gasteiger partial charge in [-0.15, -0.1) is 5.10 Å². The number of nitrogens with zero attached hydrogens (tertiary/aromatic N) is 4. The first-order chi connectivity index (χ1) is 13.3. The molecule has 2 aliphatic rings. The Kier molecular flexibility index (Phi) is 4.65. The van der Waals surface area contributed by atoms with Gasteiger partial charge in [-0.1, -0.05) is 5.21 Å². The summed E-state index contributed by atoms with van der Waals surface area (Å²) in [4.78, 5) is 15.2. The molecular formula is C21H28N4O3. The third kappa shape index (κ3) is 3.28. The third-order valence-electron chi connectivity index (χ3n) is 6.15. The fourth-order valence-corrected chi connectivity index (χ4v) is 4.47. The van der Waals surface area contributed by atoms with Crippen molar-refractivity contribution >= 4 is 11.6 Å². The summed E-state index contributed by atoms with van der Waals surface area (Å²) >= 11 is 0. The maximum Gasteiger partial charge on any atom is 0.233 e. The van der Waals surface area contributed by atoms with Gasteiger partial charge in [0.2, 0.25) is 5.91 Å². The highest BCUT2D eigenvalue weighted by Gasteiger charge is 2.52. The van der Waals surface area contributed by atoms with Gasteiger partial charge in [-0.05, 0) is 70.2 Å². The van der Waals surface area contributed by atoms with Crippen LogP contribution < -0.4 is 9.64 Å². The summed E-state index contributed by atoms with van der Waals surface area (Å²) in [6, 6.07) is 7.74. The highest BCUT2D eigenvalue weighted by atomic mass is 16.5. The molecule has 1 aromatic carbocycles. The van der Waals surface area contributed by atoms with E-state index in [0.29, 0.717) is 37.9 Å². The molecule has 1 spiro atoms. The lowest BCUT2D eigenvalue weighted by molar-refractivity contribution is -0.131. The number of ether oxygens (including phenoxy) is 1. The van der Waals surface area contributed by atoms with Gasteiger partial charge in [-0.2, -0.15) is 0 Å². The van der Waals surface area contributed by atoms with Crippen LogP contribution in [0.5, 0.6) is 5.75 Å². The standard InChI is InChI=1S/C21H28N4O3/c1-15(2)28-17-6-4-16(5-7-17)25-13-12-20(19(25)26)8-10-21(27,11-9-20)18-14-24(3)23-22-18/h4-7,14-15,27H,8-13H2,1-3H3. The molecule has 1 amide bonds. The Balaban J connectivity index is 1.46. The molecule has 1 saturated carbocycles. The van der Waals surface area contributed by atoms with E-state index < -0.39 is 5.60 Å². The van der Waals surface area contributed by atoms with Crippen molar-refractivity contribution in [1.82, 2.24) is 15.0 Å². The van der Waals surface area contributed by atoms with Gasteiger partial charge in [0, 0.05) is 19.3 Å². The smallest absolute Gasteiger partial charge is 0.233 e. The molecule has 28 heavy (non-hydrogen) atoms. The quantitative estimate of drug-likeness (QED) is 0.877. The number of benzene rings is 1. The van der Waals surface area contributed by atoms with Gasteiger partial charge in [0.25, 0.3) is 0 Å². The molecule has 150 valence electrons. The minimum atomic E-state index is -0.983. The van der Waals surface area contributed by atoms with E-state index in [9.17, 15) is 9.90 Å². The van der Waals surface area contributed by atoms with Gasteiger partial charge in [-0.3, -0.25) is 9.48 Å². The summed E-state index contributed by atoms with van der Waals surface area (Å²) in [6.07, 6.45) is 5.12. The second-order valence-corrected chi connectivity index (χ2v) is 8.46. The fourth-order valence-electron chi connectivity index (χ4n) is 4.47. The van der Waals surface area contributed by atoms with E-state index in [-0.39, 0.29) is 17.4 Å². The minimum Gasteiger partial charge on any atom is -0.491 e. The molecule has 2 heterocycles. The molecule has 1 aliphatic carbocycles. The van der Waals surface area contributed by atoms with Crippen LogP contribution in [0.2, 0.25) is 0 Å². The number of amides is 1. The zero-order valence-electron chi connectivity index (χ0n) is 16.8. The first-order valence-electron chi connectivity index (χ1n) is 9.99.